The summed E-state index contributed by atoms with van der Waals surface area (Å²) in [6.45, 7) is 12.4. The van der Waals surface area contributed by atoms with Crippen molar-refractivity contribution >= 4 is 18.1 Å². The molecule has 3 rings (SSSR count). The Morgan fingerprint density at radius 1 is 1.39 bits per heavy atom. The smallest absolute Gasteiger partial charge is 0.359 e. The SMILES string of the molecule is C=C/C=c1\c2c3n(\c1=C\C=C)C(O)(C(=O)OC)CC(CCN(C=C)/N=N\C)C3N(C#N)CC2. The summed E-state index contributed by atoms with van der Waals surface area (Å²) in [5, 5.41) is 32.6. The van der Waals surface area contributed by atoms with Gasteiger partial charge in [0.15, 0.2) is 6.19 Å². The van der Waals surface area contributed by atoms with Gasteiger partial charge in [-0.2, -0.15) is 10.4 Å². The van der Waals surface area contributed by atoms with Crippen molar-refractivity contribution < 1.29 is 14.6 Å². The Hall–Kier alpha value is -3.64. The summed E-state index contributed by atoms with van der Waals surface area (Å²) in [6.07, 6.45) is 12.0. The predicted octanol–water partition coefficient (Wildman–Crippen LogP) is 1.47. The highest BCUT2D eigenvalue weighted by Crippen LogP contribution is 2.46. The molecule has 33 heavy (non-hydrogen) atoms. The van der Waals surface area contributed by atoms with Crippen molar-refractivity contribution in [3.8, 4) is 6.19 Å². The molecule has 0 aromatic carbocycles. The van der Waals surface area contributed by atoms with Gasteiger partial charge in [0.05, 0.1) is 25.5 Å². The van der Waals surface area contributed by atoms with Crippen LogP contribution in [0.1, 0.15) is 30.1 Å². The van der Waals surface area contributed by atoms with Gasteiger partial charge >= 0.3 is 5.97 Å². The first-order valence-corrected chi connectivity index (χ1v) is 10.8. The number of hydrogen-bond acceptors (Lipinski definition) is 7. The molecule has 9 heteroatoms. The van der Waals surface area contributed by atoms with Gasteiger partial charge in [-0.05, 0) is 30.4 Å². The molecule has 0 amide bonds. The summed E-state index contributed by atoms with van der Waals surface area (Å²) in [5.74, 6) is -0.992. The van der Waals surface area contributed by atoms with E-state index >= 15 is 0 Å². The summed E-state index contributed by atoms with van der Waals surface area (Å²) in [7, 11) is 2.83. The highest BCUT2D eigenvalue weighted by Gasteiger charge is 2.53. The molecule has 9 nitrogen and oxygen atoms in total. The van der Waals surface area contributed by atoms with Gasteiger partial charge in [-0.25, -0.2) is 4.79 Å². The minimum Gasteiger partial charge on any atom is -0.465 e. The van der Waals surface area contributed by atoms with Crippen molar-refractivity contribution in [3.63, 3.8) is 0 Å². The zero-order valence-corrected chi connectivity index (χ0v) is 19.1. The largest absolute Gasteiger partial charge is 0.465 e. The molecular formula is C24H30N6O3. The first-order valence-electron chi connectivity index (χ1n) is 10.8. The Morgan fingerprint density at radius 3 is 2.70 bits per heavy atom. The van der Waals surface area contributed by atoms with Crippen molar-refractivity contribution in [2.45, 2.75) is 31.0 Å². The first kappa shape index (κ1) is 24.0. The minimum absolute atomic E-state index is 0.0728. The van der Waals surface area contributed by atoms with Gasteiger partial charge in [-0.1, -0.05) is 43.2 Å². The maximum atomic E-state index is 13.0. The van der Waals surface area contributed by atoms with E-state index in [1.807, 2.05) is 6.08 Å². The van der Waals surface area contributed by atoms with Gasteiger partial charge in [0.25, 0.3) is 0 Å². The molecule has 174 valence electrons. The maximum Gasteiger partial charge on any atom is 0.359 e. The molecule has 3 heterocycles. The third-order valence-electron chi connectivity index (χ3n) is 6.32. The number of nitrogens with zero attached hydrogens (tertiary/aromatic N) is 6. The van der Waals surface area contributed by atoms with E-state index in [2.05, 4.69) is 36.3 Å². The van der Waals surface area contributed by atoms with Gasteiger partial charge in [-0.3, -0.25) is 5.01 Å². The normalized spacial score (nSPS) is 24.8. The molecule has 3 unspecified atom stereocenters. The molecule has 0 saturated heterocycles. The molecule has 0 radical (unpaired) electrons. The number of carbonyl (C=O) groups excluding carboxylic acids is 1. The monoisotopic (exact) mass is 450 g/mol. The summed E-state index contributed by atoms with van der Waals surface area (Å²) >= 11 is 0. The number of aliphatic hydroxyl groups is 1. The van der Waals surface area contributed by atoms with Gasteiger partial charge < -0.3 is 19.3 Å². The number of rotatable bonds is 8. The van der Waals surface area contributed by atoms with Crippen LogP contribution in [-0.2, 0) is 21.7 Å². The van der Waals surface area contributed by atoms with Gasteiger partial charge in [-0.15, -0.1) is 0 Å². The molecule has 0 saturated carbocycles. The lowest BCUT2D eigenvalue weighted by molar-refractivity contribution is -0.183. The van der Waals surface area contributed by atoms with Crippen molar-refractivity contribution in [2.75, 3.05) is 27.2 Å². The molecule has 2 aliphatic rings. The van der Waals surface area contributed by atoms with Crippen LogP contribution in [0.3, 0.4) is 0 Å². The van der Waals surface area contributed by atoms with E-state index in [0.29, 0.717) is 31.3 Å². The Morgan fingerprint density at radius 2 is 2.12 bits per heavy atom. The van der Waals surface area contributed by atoms with Crippen molar-refractivity contribution in [1.82, 2.24) is 14.5 Å². The van der Waals surface area contributed by atoms with E-state index in [9.17, 15) is 15.2 Å². The van der Waals surface area contributed by atoms with E-state index in [4.69, 9.17) is 4.74 Å². The number of allylic oxidation sites excluding steroid dienone is 2. The lowest BCUT2D eigenvalue weighted by Crippen LogP contribution is -2.56. The highest BCUT2D eigenvalue weighted by molar-refractivity contribution is 5.77. The average Bonchev–Trinajstić information content (AvgIpc) is 3.13. The molecule has 0 bridgehead atoms. The zero-order chi connectivity index (χ0) is 24.2. The van der Waals surface area contributed by atoms with Crippen LogP contribution in [0.25, 0.3) is 12.2 Å². The van der Waals surface area contributed by atoms with Crippen LogP contribution < -0.4 is 10.6 Å². The Bertz CT molecular complexity index is 1140. The van der Waals surface area contributed by atoms with Crippen LogP contribution in [-0.4, -0.2) is 52.8 Å². The molecule has 0 aliphatic carbocycles. The molecule has 2 aliphatic heterocycles. The van der Waals surface area contributed by atoms with E-state index in [0.717, 1.165) is 16.5 Å². The Labute approximate surface area is 193 Å². The van der Waals surface area contributed by atoms with E-state index in [1.165, 1.54) is 7.11 Å². The van der Waals surface area contributed by atoms with Crippen LogP contribution in [0.5, 0.6) is 0 Å². The molecule has 1 N–H and O–H groups in total. The molecular weight excluding hydrogens is 420 g/mol. The summed E-state index contributed by atoms with van der Waals surface area (Å²) < 4.78 is 6.68. The molecule has 3 atom stereocenters. The second kappa shape index (κ2) is 9.88. The minimum atomic E-state index is -1.94. The van der Waals surface area contributed by atoms with Crippen molar-refractivity contribution in [3.05, 3.63) is 59.9 Å². The molecule has 1 aromatic heterocycles. The number of carbonyl (C=O) groups is 1. The lowest BCUT2D eigenvalue weighted by atomic mass is 9.78. The zero-order valence-electron chi connectivity index (χ0n) is 19.1. The predicted molar refractivity (Wildman–Crippen MR) is 124 cm³/mol. The number of esters is 1. The number of nitriles is 1. The summed E-state index contributed by atoms with van der Waals surface area (Å²) in [4.78, 5) is 14.7. The van der Waals surface area contributed by atoms with Gasteiger partial charge in [0, 0.05) is 36.6 Å². The van der Waals surface area contributed by atoms with E-state index < -0.39 is 11.7 Å². The van der Waals surface area contributed by atoms with Crippen molar-refractivity contribution in [2.24, 2.45) is 16.3 Å². The molecule has 0 fully saturated rings. The van der Waals surface area contributed by atoms with Gasteiger partial charge in [0.1, 0.15) is 0 Å². The van der Waals surface area contributed by atoms with Crippen LogP contribution in [0.4, 0.5) is 0 Å². The van der Waals surface area contributed by atoms with Crippen LogP contribution >= 0.6 is 0 Å². The third kappa shape index (κ3) is 3.98. The van der Waals surface area contributed by atoms with E-state index in [1.54, 1.807) is 46.0 Å². The average molecular weight is 451 g/mol. The maximum absolute atomic E-state index is 13.0. The number of ether oxygens (including phenoxy) is 1. The summed E-state index contributed by atoms with van der Waals surface area (Å²) in [6, 6.07) is -0.321. The lowest BCUT2D eigenvalue weighted by Gasteiger charge is -2.46. The fourth-order valence-electron chi connectivity index (χ4n) is 5.09. The van der Waals surface area contributed by atoms with Crippen molar-refractivity contribution in [1.29, 1.82) is 5.26 Å². The van der Waals surface area contributed by atoms with E-state index in [-0.39, 0.29) is 18.4 Å². The standard InChI is InChI=1S/C24H30N6O3/c1-6-9-18-19-12-13-28(16-25)21-17(11-14-29(8-3)27-26-4)15-24(32,23(31)33-5)30(22(19)21)20(18)10-7-2/h6-10,17,21,32H,1-3,11-15H2,4-5H3/b18-9+,20-10+,27-26-. The third-order valence-corrected chi connectivity index (χ3v) is 6.32. The topological polar surface area (TPSA) is 106 Å². The van der Waals surface area contributed by atoms with Crippen LogP contribution in [0, 0.1) is 17.4 Å². The Balaban J connectivity index is 2.30. The van der Waals surface area contributed by atoms with Crippen LogP contribution in [0.2, 0.25) is 0 Å². The number of methoxy groups -OCH3 is 1. The first-order chi connectivity index (χ1) is 15.9. The quantitative estimate of drug-likeness (QED) is 0.278. The fourth-order valence-corrected chi connectivity index (χ4v) is 5.09. The molecule has 0 spiro atoms. The Kier molecular flexibility index (Phi) is 7.19. The number of hydrogen-bond donors (Lipinski definition) is 1. The second-order valence-corrected chi connectivity index (χ2v) is 7.99. The second-order valence-electron chi connectivity index (χ2n) is 7.99. The van der Waals surface area contributed by atoms with Gasteiger partial charge in [0.2, 0.25) is 5.72 Å². The number of aromatic nitrogens is 1. The van der Waals surface area contributed by atoms with Crippen LogP contribution in [0.15, 0.2) is 48.4 Å². The molecule has 1 aromatic rings. The highest BCUT2D eigenvalue weighted by atomic mass is 16.5. The fraction of sp³-hybridized carbons (Fsp3) is 0.417. The summed E-state index contributed by atoms with van der Waals surface area (Å²) in [5.41, 5.74) is -0.206.